The van der Waals surface area contributed by atoms with Gasteiger partial charge in [-0.3, -0.25) is 4.79 Å². The van der Waals surface area contributed by atoms with Gasteiger partial charge < -0.3 is 14.7 Å². The Bertz CT molecular complexity index is 506. The van der Waals surface area contributed by atoms with Crippen molar-refractivity contribution in [3.63, 3.8) is 0 Å². The molecule has 2 atom stereocenters. The molecule has 1 fully saturated rings. The predicted octanol–water partition coefficient (Wildman–Crippen LogP) is 2.97. The quantitative estimate of drug-likeness (QED) is 0.905. The summed E-state index contributed by atoms with van der Waals surface area (Å²) in [5.74, 6) is 0.834. The second-order valence-electron chi connectivity index (χ2n) is 6.21. The van der Waals surface area contributed by atoms with Gasteiger partial charge in [0.05, 0.1) is 0 Å². The lowest BCUT2D eigenvalue weighted by atomic mass is 9.97. The summed E-state index contributed by atoms with van der Waals surface area (Å²) in [6.45, 7) is 5.42. The third kappa shape index (κ3) is 4.37. The van der Waals surface area contributed by atoms with Crippen LogP contribution in [0.25, 0.3) is 0 Å². The first-order valence-corrected chi connectivity index (χ1v) is 8.21. The highest BCUT2D eigenvalue weighted by atomic mass is 35.5. The first kappa shape index (κ1) is 17.1. The Balaban J connectivity index is 2.08. The number of carbonyl (C=O) groups is 1. The van der Waals surface area contributed by atoms with Crippen LogP contribution in [-0.4, -0.2) is 41.7 Å². The fourth-order valence-electron chi connectivity index (χ4n) is 2.75. The summed E-state index contributed by atoms with van der Waals surface area (Å²) in [7, 11) is 0. The highest BCUT2D eigenvalue weighted by molar-refractivity contribution is 6.30. The molecule has 2 unspecified atom stereocenters. The Kier molecular flexibility index (Phi) is 6.09. The highest BCUT2D eigenvalue weighted by Crippen LogP contribution is 2.23. The van der Waals surface area contributed by atoms with Gasteiger partial charge in [0.2, 0.25) is 0 Å². The molecule has 1 heterocycles. The van der Waals surface area contributed by atoms with Crippen LogP contribution in [0.3, 0.4) is 0 Å². The van der Waals surface area contributed by atoms with Crippen molar-refractivity contribution >= 4 is 17.5 Å². The number of ether oxygens (including phenoxy) is 1. The van der Waals surface area contributed by atoms with Crippen molar-refractivity contribution in [3.05, 3.63) is 29.3 Å². The number of hydrogen-bond donors (Lipinski definition) is 1. The van der Waals surface area contributed by atoms with E-state index in [1.807, 2.05) is 24.8 Å². The molecule has 0 saturated carbocycles. The summed E-state index contributed by atoms with van der Waals surface area (Å²) in [6, 6.07) is 7.11. The zero-order chi connectivity index (χ0) is 16.1. The van der Waals surface area contributed by atoms with E-state index in [0.717, 1.165) is 19.4 Å². The first-order valence-electron chi connectivity index (χ1n) is 7.83. The Morgan fingerprint density at radius 1 is 1.50 bits per heavy atom. The number of aliphatic hydroxyl groups is 1. The molecule has 0 radical (unpaired) electrons. The van der Waals surface area contributed by atoms with Gasteiger partial charge in [0.15, 0.2) is 6.10 Å². The summed E-state index contributed by atoms with van der Waals surface area (Å²) in [6.07, 6.45) is 1.37. The normalized spacial score (nSPS) is 20.0. The first-order chi connectivity index (χ1) is 10.5. The smallest absolute Gasteiger partial charge is 0.263 e. The van der Waals surface area contributed by atoms with Gasteiger partial charge in [0.1, 0.15) is 5.75 Å². The molecule has 0 aliphatic carbocycles. The van der Waals surface area contributed by atoms with Crippen LogP contribution in [-0.2, 0) is 4.79 Å². The fraction of sp³-hybridized carbons (Fsp3) is 0.588. The average molecular weight is 326 g/mol. The molecule has 0 aromatic heterocycles. The molecule has 1 aromatic carbocycles. The maximum Gasteiger partial charge on any atom is 0.263 e. The average Bonchev–Trinajstić information content (AvgIpc) is 2.52. The number of rotatable bonds is 5. The van der Waals surface area contributed by atoms with E-state index >= 15 is 0 Å². The van der Waals surface area contributed by atoms with Crippen LogP contribution in [0.15, 0.2) is 24.3 Å². The molecule has 1 aliphatic rings. The van der Waals surface area contributed by atoms with E-state index in [9.17, 15) is 9.90 Å². The summed E-state index contributed by atoms with van der Waals surface area (Å²) in [5.41, 5.74) is 0. The van der Waals surface area contributed by atoms with Gasteiger partial charge in [0.25, 0.3) is 5.91 Å². The molecule has 22 heavy (non-hydrogen) atoms. The van der Waals surface area contributed by atoms with Crippen molar-refractivity contribution in [2.45, 2.75) is 32.8 Å². The zero-order valence-corrected chi connectivity index (χ0v) is 13.9. The van der Waals surface area contributed by atoms with Gasteiger partial charge in [-0.2, -0.15) is 0 Å². The minimum Gasteiger partial charge on any atom is -0.480 e. The van der Waals surface area contributed by atoms with Crippen LogP contribution >= 0.6 is 11.6 Å². The second kappa shape index (κ2) is 7.84. The van der Waals surface area contributed by atoms with E-state index < -0.39 is 6.10 Å². The molecule has 1 aromatic rings. The molecule has 1 amide bonds. The Morgan fingerprint density at radius 3 is 2.91 bits per heavy atom. The zero-order valence-electron chi connectivity index (χ0n) is 13.2. The van der Waals surface area contributed by atoms with Gasteiger partial charge in [-0.05, 0) is 42.9 Å². The van der Waals surface area contributed by atoms with Crippen LogP contribution in [0.2, 0.25) is 5.02 Å². The SMILES string of the molecule is CC(C)C(Oc1cccc(Cl)c1)C(=O)N1CCCC(CO)C1. The number of halogens is 1. The van der Waals surface area contributed by atoms with Crippen molar-refractivity contribution in [1.82, 2.24) is 4.90 Å². The predicted molar refractivity (Wildman–Crippen MR) is 87.1 cm³/mol. The molecule has 1 saturated heterocycles. The Labute approximate surface area is 137 Å². The third-order valence-corrected chi connectivity index (χ3v) is 4.23. The number of hydrogen-bond acceptors (Lipinski definition) is 3. The molecular weight excluding hydrogens is 302 g/mol. The van der Waals surface area contributed by atoms with Crippen LogP contribution < -0.4 is 4.74 Å². The van der Waals surface area contributed by atoms with E-state index in [1.165, 1.54) is 0 Å². The van der Waals surface area contributed by atoms with Gasteiger partial charge in [-0.15, -0.1) is 0 Å². The minimum absolute atomic E-state index is 0.00637. The van der Waals surface area contributed by atoms with Crippen molar-refractivity contribution in [2.75, 3.05) is 19.7 Å². The molecule has 0 bridgehead atoms. The molecule has 2 rings (SSSR count). The molecule has 1 aliphatic heterocycles. The largest absolute Gasteiger partial charge is 0.480 e. The van der Waals surface area contributed by atoms with E-state index in [4.69, 9.17) is 16.3 Å². The lowest BCUT2D eigenvalue weighted by Gasteiger charge is -2.35. The lowest BCUT2D eigenvalue weighted by molar-refractivity contribution is -0.142. The van der Waals surface area contributed by atoms with Gasteiger partial charge in [-0.1, -0.05) is 31.5 Å². The minimum atomic E-state index is -0.532. The molecular formula is C17H24ClNO3. The van der Waals surface area contributed by atoms with Crippen LogP contribution in [0.4, 0.5) is 0 Å². The maximum atomic E-state index is 12.8. The molecule has 4 nitrogen and oxygen atoms in total. The number of nitrogens with zero attached hydrogens (tertiary/aromatic N) is 1. The van der Waals surface area contributed by atoms with Gasteiger partial charge >= 0.3 is 0 Å². The summed E-state index contributed by atoms with van der Waals surface area (Å²) in [4.78, 5) is 14.6. The van der Waals surface area contributed by atoms with E-state index in [1.54, 1.807) is 18.2 Å². The van der Waals surface area contributed by atoms with Crippen LogP contribution in [0, 0.1) is 11.8 Å². The molecule has 1 N–H and O–H groups in total. The maximum absolute atomic E-state index is 12.8. The van der Waals surface area contributed by atoms with Gasteiger partial charge in [0, 0.05) is 24.7 Å². The summed E-state index contributed by atoms with van der Waals surface area (Å²) >= 11 is 5.97. The number of amides is 1. The van der Waals surface area contributed by atoms with Crippen molar-refractivity contribution in [3.8, 4) is 5.75 Å². The topological polar surface area (TPSA) is 49.8 Å². The van der Waals surface area contributed by atoms with Crippen LogP contribution in [0.1, 0.15) is 26.7 Å². The van der Waals surface area contributed by atoms with Crippen LogP contribution in [0.5, 0.6) is 5.75 Å². The van der Waals surface area contributed by atoms with Crippen molar-refractivity contribution in [2.24, 2.45) is 11.8 Å². The van der Waals surface area contributed by atoms with E-state index in [2.05, 4.69) is 0 Å². The molecule has 0 spiro atoms. The monoisotopic (exact) mass is 325 g/mol. The number of benzene rings is 1. The molecule has 5 heteroatoms. The molecule has 122 valence electrons. The third-order valence-electron chi connectivity index (χ3n) is 4.00. The number of carbonyl (C=O) groups excluding carboxylic acids is 1. The number of piperidine rings is 1. The lowest BCUT2D eigenvalue weighted by Crippen LogP contribution is -2.49. The second-order valence-corrected chi connectivity index (χ2v) is 6.65. The highest BCUT2D eigenvalue weighted by Gasteiger charge is 2.32. The standard InChI is InChI=1S/C17H24ClNO3/c1-12(2)16(22-15-7-3-6-14(18)9-15)17(21)19-8-4-5-13(10-19)11-20/h3,6-7,9,12-13,16,20H,4-5,8,10-11H2,1-2H3. The van der Waals surface area contributed by atoms with E-state index in [0.29, 0.717) is 17.3 Å². The van der Waals surface area contributed by atoms with E-state index in [-0.39, 0.29) is 24.3 Å². The van der Waals surface area contributed by atoms with Crippen molar-refractivity contribution in [1.29, 1.82) is 0 Å². The Morgan fingerprint density at radius 2 is 2.27 bits per heavy atom. The number of likely N-dealkylation sites (tertiary alicyclic amines) is 1. The summed E-state index contributed by atoms with van der Waals surface area (Å²) in [5, 5.41) is 9.91. The van der Waals surface area contributed by atoms with Gasteiger partial charge in [-0.25, -0.2) is 0 Å². The fourth-order valence-corrected chi connectivity index (χ4v) is 2.93. The number of aliphatic hydroxyl groups excluding tert-OH is 1. The van der Waals surface area contributed by atoms with Crippen molar-refractivity contribution < 1.29 is 14.6 Å². The Hall–Kier alpha value is -1.26. The summed E-state index contributed by atoms with van der Waals surface area (Å²) < 4.78 is 5.90.